The van der Waals surface area contributed by atoms with Crippen molar-refractivity contribution in [3.8, 4) is 11.8 Å². The van der Waals surface area contributed by atoms with E-state index in [1.165, 1.54) is 11.5 Å². The van der Waals surface area contributed by atoms with E-state index in [1.54, 1.807) is 0 Å². The molecular weight excluding hydrogens is 194 g/mol. The second-order valence-electron chi connectivity index (χ2n) is 2.91. The van der Waals surface area contributed by atoms with Crippen LogP contribution in [0.5, 0.6) is 0 Å². The van der Waals surface area contributed by atoms with Crippen molar-refractivity contribution in [2.45, 2.75) is 32.7 Å². The van der Waals surface area contributed by atoms with Gasteiger partial charge in [-0.3, -0.25) is 0 Å². The predicted molar refractivity (Wildman–Crippen MR) is 59.0 cm³/mol. The summed E-state index contributed by atoms with van der Waals surface area (Å²) >= 11 is 1.40. The summed E-state index contributed by atoms with van der Waals surface area (Å²) in [6, 6.07) is 0.305. The Morgan fingerprint density at radius 3 is 3.07 bits per heavy atom. The second-order valence-corrected chi connectivity index (χ2v) is 3.52. The Balaban J connectivity index is 2.50. The number of hydrogen-bond acceptors (Lipinski definition) is 4. The minimum Gasteiger partial charge on any atom is -0.309 e. The molecule has 0 aliphatic carbocycles. The van der Waals surface area contributed by atoms with E-state index in [-0.39, 0.29) is 0 Å². The van der Waals surface area contributed by atoms with Gasteiger partial charge in [-0.1, -0.05) is 11.4 Å². The van der Waals surface area contributed by atoms with Crippen molar-refractivity contribution < 1.29 is 0 Å². The topological polar surface area (TPSA) is 37.8 Å². The lowest BCUT2D eigenvalue weighted by Gasteiger charge is -2.12. The van der Waals surface area contributed by atoms with Gasteiger partial charge in [0, 0.05) is 11.8 Å². The van der Waals surface area contributed by atoms with Crippen LogP contribution in [-0.4, -0.2) is 16.1 Å². The lowest BCUT2D eigenvalue weighted by Crippen LogP contribution is -2.21. The van der Waals surface area contributed by atoms with Gasteiger partial charge in [0.15, 0.2) is 0 Å². The van der Waals surface area contributed by atoms with E-state index in [2.05, 4.69) is 33.7 Å². The predicted octanol–water partition coefficient (Wildman–Crippen LogP) is 1.99. The van der Waals surface area contributed by atoms with Crippen molar-refractivity contribution in [1.29, 1.82) is 0 Å². The molecule has 4 heteroatoms. The first-order valence-corrected chi connectivity index (χ1v) is 5.62. The van der Waals surface area contributed by atoms with Crippen LogP contribution in [0.3, 0.4) is 0 Å². The highest BCUT2D eigenvalue weighted by atomic mass is 32.1. The Kier molecular flexibility index (Phi) is 5.20. The standard InChI is InChI=1S/C10H15N3S/c1-3-5-6-7-9(11-4-2)10-8-14-13-12-10/h8-9,11H,4,6-7H2,1-2H3. The third-order valence-electron chi connectivity index (χ3n) is 1.92. The van der Waals surface area contributed by atoms with Crippen molar-refractivity contribution in [1.82, 2.24) is 14.9 Å². The van der Waals surface area contributed by atoms with Gasteiger partial charge in [-0.05, 0) is 31.4 Å². The Morgan fingerprint density at radius 2 is 2.50 bits per heavy atom. The molecule has 1 aromatic rings. The molecule has 1 rings (SSSR count). The molecule has 0 aliphatic heterocycles. The number of hydrogen-bond donors (Lipinski definition) is 1. The van der Waals surface area contributed by atoms with E-state index in [0.717, 1.165) is 25.1 Å². The molecule has 1 atom stereocenters. The summed E-state index contributed by atoms with van der Waals surface area (Å²) in [6.45, 7) is 4.91. The van der Waals surface area contributed by atoms with E-state index >= 15 is 0 Å². The maximum absolute atomic E-state index is 4.07. The Labute approximate surface area is 89.1 Å². The lowest BCUT2D eigenvalue weighted by atomic mass is 10.1. The molecule has 1 aromatic heterocycles. The van der Waals surface area contributed by atoms with Crippen LogP contribution in [0.4, 0.5) is 0 Å². The van der Waals surface area contributed by atoms with Crippen LogP contribution in [0.1, 0.15) is 38.4 Å². The van der Waals surface area contributed by atoms with Crippen molar-refractivity contribution in [2.75, 3.05) is 6.54 Å². The van der Waals surface area contributed by atoms with Gasteiger partial charge in [-0.25, -0.2) is 0 Å². The molecule has 0 aliphatic rings. The summed E-state index contributed by atoms with van der Waals surface area (Å²) < 4.78 is 3.87. The van der Waals surface area contributed by atoms with Crippen LogP contribution in [0, 0.1) is 11.8 Å². The van der Waals surface area contributed by atoms with Gasteiger partial charge < -0.3 is 5.32 Å². The highest BCUT2D eigenvalue weighted by molar-refractivity contribution is 7.03. The van der Waals surface area contributed by atoms with E-state index in [9.17, 15) is 0 Å². The monoisotopic (exact) mass is 209 g/mol. The maximum atomic E-state index is 4.07. The van der Waals surface area contributed by atoms with Gasteiger partial charge in [-0.2, -0.15) is 0 Å². The summed E-state index contributed by atoms with van der Waals surface area (Å²) in [5.41, 5.74) is 1.04. The summed E-state index contributed by atoms with van der Waals surface area (Å²) in [7, 11) is 0. The van der Waals surface area contributed by atoms with Crippen molar-refractivity contribution >= 4 is 11.5 Å². The van der Waals surface area contributed by atoms with Gasteiger partial charge in [0.1, 0.15) is 0 Å². The third kappa shape index (κ3) is 3.44. The molecule has 0 amide bonds. The van der Waals surface area contributed by atoms with E-state index < -0.39 is 0 Å². The molecule has 0 fully saturated rings. The fraction of sp³-hybridized carbons (Fsp3) is 0.600. The molecule has 0 bridgehead atoms. The average molecular weight is 209 g/mol. The molecule has 0 aromatic carbocycles. The number of rotatable bonds is 5. The first-order valence-electron chi connectivity index (χ1n) is 4.78. The van der Waals surface area contributed by atoms with Crippen LogP contribution in [-0.2, 0) is 0 Å². The quantitative estimate of drug-likeness (QED) is 0.754. The largest absolute Gasteiger partial charge is 0.309 e. The molecule has 0 saturated carbocycles. The fourth-order valence-electron chi connectivity index (χ4n) is 1.27. The van der Waals surface area contributed by atoms with Crippen molar-refractivity contribution in [2.24, 2.45) is 0 Å². The van der Waals surface area contributed by atoms with Gasteiger partial charge in [0.2, 0.25) is 0 Å². The normalized spacial score (nSPS) is 11.9. The molecule has 1 unspecified atom stereocenters. The number of nitrogens with zero attached hydrogens (tertiary/aromatic N) is 2. The zero-order chi connectivity index (χ0) is 10.2. The molecule has 3 nitrogen and oxygen atoms in total. The molecule has 1 N–H and O–H groups in total. The highest BCUT2D eigenvalue weighted by Crippen LogP contribution is 2.16. The maximum Gasteiger partial charge on any atom is 0.0925 e. The SMILES string of the molecule is CC#CCCC(NCC)c1csnn1. The minimum atomic E-state index is 0.305. The van der Waals surface area contributed by atoms with Crippen LogP contribution >= 0.6 is 11.5 Å². The van der Waals surface area contributed by atoms with E-state index in [1.807, 2.05) is 12.3 Å². The smallest absolute Gasteiger partial charge is 0.0925 e. The zero-order valence-corrected chi connectivity index (χ0v) is 9.40. The van der Waals surface area contributed by atoms with Gasteiger partial charge in [-0.15, -0.1) is 16.9 Å². The number of nitrogens with one attached hydrogen (secondary N) is 1. The van der Waals surface area contributed by atoms with E-state index in [0.29, 0.717) is 6.04 Å². The molecule has 0 radical (unpaired) electrons. The molecule has 76 valence electrons. The van der Waals surface area contributed by atoms with Crippen LogP contribution in [0.2, 0.25) is 0 Å². The second kappa shape index (κ2) is 6.52. The van der Waals surface area contributed by atoms with Gasteiger partial charge >= 0.3 is 0 Å². The first kappa shape index (κ1) is 11.2. The molecular formula is C10H15N3S. The average Bonchev–Trinajstić information content (AvgIpc) is 2.70. The zero-order valence-electron chi connectivity index (χ0n) is 8.58. The first-order chi connectivity index (χ1) is 6.88. The van der Waals surface area contributed by atoms with Crippen molar-refractivity contribution in [3.63, 3.8) is 0 Å². The summed E-state index contributed by atoms with van der Waals surface area (Å²) in [6.07, 6.45) is 1.91. The third-order valence-corrected chi connectivity index (χ3v) is 2.44. The van der Waals surface area contributed by atoms with Crippen LogP contribution in [0.15, 0.2) is 5.38 Å². The summed E-state index contributed by atoms with van der Waals surface area (Å²) in [5.74, 6) is 5.96. The van der Waals surface area contributed by atoms with Crippen molar-refractivity contribution in [3.05, 3.63) is 11.1 Å². The minimum absolute atomic E-state index is 0.305. The Hall–Kier alpha value is -0.920. The summed E-state index contributed by atoms with van der Waals surface area (Å²) in [5, 5.41) is 9.44. The Morgan fingerprint density at radius 1 is 1.64 bits per heavy atom. The van der Waals surface area contributed by atoms with Crippen LogP contribution in [0.25, 0.3) is 0 Å². The van der Waals surface area contributed by atoms with Gasteiger partial charge in [0.25, 0.3) is 0 Å². The molecule has 0 spiro atoms. The fourth-order valence-corrected chi connectivity index (χ4v) is 1.77. The molecule has 1 heterocycles. The number of aromatic nitrogens is 2. The molecule has 0 saturated heterocycles. The highest BCUT2D eigenvalue weighted by Gasteiger charge is 2.11. The molecule has 14 heavy (non-hydrogen) atoms. The Bertz CT molecular complexity index is 297. The summed E-state index contributed by atoms with van der Waals surface area (Å²) in [4.78, 5) is 0. The lowest BCUT2D eigenvalue weighted by molar-refractivity contribution is 0.509. The van der Waals surface area contributed by atoms with E-state index in [4.69, 9.17) is 0 Å². The van der Waals surface area contributed by atoms with Crippen LogP contribution < -0.4 is 5.32 Å². The van der Waals surface area contributed by atoms with Gasteiger partial charge in [0.05, 0.1) is 11.7 Å².